The Labute approximate surface area is 168 Å². The standard InChI is InChI=1S/C22H20N4OS/c1-16-6-5-7-17(14-16)15-28-22-25-24-21(20-8-3-4-13-23-20)26(22)18-9-11-19(27-2)12-10-18/h3-14H,15H2,1-2H3. The van der Waals surface area contributed by atoms with E-state index in [9.17, 15) is 0 Å². The van der Waals surface area contributed by atoms with Gasteiger partial charge in [-0.2, -0.15) is 0 Å². The highest BCUT2D eigenvalue weighted by atomic mass is 32.2. The average molecular weight is 388 g/mol. The lowest BCUT2D eigenvalue weighted by atomic mass is 10.2. The van der Waals surface area contributed by atoms with Crippen LogP contribution < -0.4 is 4.74 Å². The van der Waals surface area contributed by atoms with E-state index < -0.39 is 0 Å². The van der Waals surface area contributed by atoms with E-state index >= 15 is 0 Å². The first-order valence-electron chi connectivity index (χ1n) is 8.94. The molecule has 6 heteroatoms. The van der Waals surface area contributed by atoms with Gasteiger partial charge in [0.25, 0.3) is 0 Å². The van der Waals surface area contributed by atoms with Gasteiger partial charge in [-0.05, 0) is 48.9 Å². The van der Waals surface area contributed by atoms with Gasteiger partial charge in [-0.1, -0.05) is 47.7 Å². The first-order chi connectivity index (χ1) is 13.7. The summed E-state index contributed by atoms with van der Waals surface area (Å²) in [5.74, 6) is 2.35. The maximum atomic E-state index is 5.29. The number of pyridine rings is 1. The van der Waals surface area contributed by atoms with Crippen LogP contribution in [0, 0.1) is 6.92 Å². The molecule has 0 aliphatic carbocycles. The molecule has 0 amide bonds. The van der Waals surface area contributed by atoms with E-state index in [-0.39, 0.29) is 0 Å². The molecule has 28 heavy (non-hydrogen) atoms. The van der Waals surface area contributed by atoms with Crippen LogP contribution in [-0.4, -0.2) is 26.9 Å². The Morgan fingerprint density at radius 1 is 0.964 bits per heavy atom. The molecule has 0 N–H and O–H groups in total. The van der Waals surface area contributed by atoms with E-state index in [2.05, 4.69) is 46.4 Å². The van der Waals surface area contributed by atoms with Crippen LogP contribution in [0.25, 0.3) is 17.2 Å². The lowest BCUT2D eigenvalue weighted by molar-refractivity contribution is 0.414. The van der Waals surface area contributed by atoms with Gasteiger partial charge in [0.2, 0.25) is 0 Å². The van der Waals surface area contributed by atoms with Gasteiger partial charge < -0.3 is 4.74 Å². The first kappa shape index (κ1) is 18.3. The van der Waals surface area contributed by atoms with Crippen molar-refractivity contribution in [2.75, 3.05) is 7.11 Å². The molecule has 2 aromatic heterocycles. The molecule has 0 saturated heterocycles. The minimum atomic E-state index is 0.720. The quantitative estimate of drug-likeness (QED) is 0.438. The topological polar surface area (TPSA) is 52.8 Å². The third kappa shape index (κ3) is 3.92. The monoisotopic (exact) mass is 388 g/mol. The fourth-order valence-electron chi connectivity index (χ4n) is 2.94. The maximum absolute atomic E-state index is 5.29. The Morgan fingerprint density at radius 2 is 1.82 bits per heavy atom. The van der Waals surface area contributed by atoms with Gasteiger partial charge in [-0.15, -0.1) is 10.2 Å². The Bertz CT molecular complexity index is 1060. The van der Waals surface area contributed by atoms with Gasteiger partial charge in [0.15, 0.2) is 11.0 Å². The normalized spacial score (nSPS) is 10.8. The van der Waals surface area contributed by atoms with Gasteiger partial charge in [-0.3, -0.25) is 9.55 Å². The van der Waals surface area contributed by atoms with Crippen molar-refractivity contribution in [3.8, 4) is 23.0 Å². The molecule has 0 atom stereocenters. The second-order valence-electron chi connectivity index (χ2n) is 6.33. The maximum Gasteiger partial charge on any atom is 0.196 e. The molecule has 0 aliphatic rings. The third-order valence-corrected chi connectivity index (χ3v) is 5.31. The smallest absolute Gasteiger partial charge is 0.196 e. The number of methoxy groups -OCH3 is 1. The number of ether oxygens (including phenoxy) is 1. The number of aromatic nitrogens is 4. The van der Waals surface area contributed by atoms with Gasteiger partial charge in [-0.25, -0.2) is 0 Å². The SMILES string of the molecule is COc1ccc(-n2c(SCc3cccc(C)c3)nnc2-c2ccccn2)cc1. The number of hydrogen-bond donors (Lipinski definition) is 0. The van der Waals surface area contributed by atoms with Gasteiger partial charge in [0, 0.05) is 11.9 Å². The van der Waals surface area contributed by atoms with Crippen LogP contribution >= 0.6 is 11.8 Å². The van der Waals surface area contributed by atoms with Crippen LogP contribution in [0.3, 0.4) is 0 Å². The highest BCUT2D eigenvalue weighted by Gasteiger charge is 2.17. The van der Waals surface area contributed by atoms with Gasteiger partial charge in [0.05, 0.1) is 12.8 Å². The minimum Gasteiger partial charge on any atom is -0.497 e. The zero-order valence-corrected chi connectivity index (χ0v) is 16.6. The Balaban J connectivity index is 1.72. The van der Waals surface area contributed by atoms with E-state index in [4.69, 9.17) is 4.74 Å². The number of benzene rings is 2. The van der Waals surface area contributed by atoms with Crippen molar-refractivity contribution < 1.29 is 4.74 Å². The van der Waals surface area contributed by atoms with Crippen LogP contribution in [0.4, 0.5) is 0 Å². The summed E-state index contributed by atoms with van der Waals surface area (Å²) in [5.41, 5.74) is 4.27. The van der Waals surface area contributed by atoms with Crippen LogP contribution in [0.5, 0.6) is 5.75 Å². The lowest BCUT2D eigenvalue weighted by Gasteiger charge is -2.11. The molecule has 0 saturated carbocycles. The molecule has 2 heterocycles. The van der Waals surface area contributed by atoms with E-state index in [1.54, 1.807) is 25.1 Å². The fourth-order valence-corrected chi connectivity index (χ4v) is 3.83. The van der Waals surface area contributed by atoms with Crippen molar-refractivity contribution in [2.45, 2.75) is 17.8 Å². The molecule has 140 valence electrons. The van der Waals surface area contributed by atoms with E-state index in [1.807, 2.05) is 47.0 Å². The van der Waals surface area contributed by atoms with Gasteiger partial charge in [0.1, 0.15) is 11.4 Å². The lowest BCUT2D eigenvalue weighted by Crippen LogP contribution is -2.01. The zero-order chi connectivity index (χ0) is 19.3. The minimum absolute atomic E-state index is 0.720. The Hall–Kier alpha value is -3.12. The molecule has 2 aromatic carbocycles. The van der Waals surface area contributed by atoms with E-state index in [0.29, 0.717) is 0 Å². The molecule has 0 aliphatic heterocycles. The second kappa shape index (κ2) is 8.27. The summed E-state index contributed by atoms with van der Waals surface area (Å²) < 4.78 is 7.33. The molecular weight excluding hydrogens is 368 g/mol. The summed E-state index contributed by atoms with van der Waals surface area (Å²) in [7, 11) is 1.66. The number of hydrogen-bond acceptors (Lipinski definition) is 5. The summed E-state index contributed by atoms with van der Waals surface area (Å²) in [6, 6.07) is 22.2. The zero-order valence-electron chi connectivity index (χ0n) is 15.7. The predicted molar refractivity (Wildman–Crippen MR) is 112 cm³/mol. The molecule has 0 radical (unpaired) electrons. The molecular formula is C22H20N4OS. The third-order valence-electron chi connectivity index (χ3n) is 4.31. The van der Waals surface area contributed by atoms with Gasteiger partial charge >= 0.3 is 0 Å². The molecule has 5 nitrogen and oxygen atoms in total. The molecule has 4 aromatic rings. The number of nitrogens with zero attached hydrogens (tertiary/aromatic N) is 4. The van der Waals surface area contributed by atoms with Crippen molar-refractivity contribution in [1.29, 1.82) is 0 Å². The number of rotatable bonds is 6. The van der Waals surface area contributed by atoms with Crippen molar-refractivity contribution in [2.24, 2.45) is 0 Å². The predicted octanol–water partition coefficient (Wildman–Crippen LogP) is 4.94. The van der Waals surface area contributed by atoms with E-state index in [0.717, 1.165) is 33.9 Å². The van der Waals surface area contributed by atoms with Crippen LogP contribution in [-0.2, 0) is 5.75 Å². The van der Waals surface area contributed by atoms with Crippen LogP contribution in [0.15, 0.2) is 78.1 Å². The summed E-state index contributed by atoms with van der Waals surface area (Å²) in [6.45, 7) is 2.10. The summed E-state index contributed by atoms with van der Waals surface area (Å²) in [5, 5.41) is 9.71. The van der Waals surface area contributed by atoms with Crippen molar-refractivity contribution in [3.63, 3.8) is 0 Å². The average Bonchev–Trinajstić information content (AvgIpc) is 3.17. The summed E-state index contributed by atoms with van der Waals surface area (Å²) in [6.07, 6.45) is 1.77. The van der Waals surface area contributed by atoms with Crippen LogP contribution in [0.1, 0.15) is 11.1 Å². The van der Waals surface area contributed by atoms with Crippen molar-refractivity contribution in [3.05, 3.63) is 84.1 Å². The molecule has 0 fully saturated rings. The summed E-state index contributed by atoms with van der Waals surface area (Å²) in [4.78, 5) is 4.45. The van der Waals surface area contributed by atoms with Crippen LogP contribution in [0.2, 0.25) is 0 Å². The highest BCUT2D eigenvalue weighted by molar-refractivity contribution is 7.98. The fraction of sp³-hybridized carbons (Fsp3) is 0.136. The largest absolute Gasteiger partial charge is 0.497 e. The Morgan fingerprint density at radius 3 is 2.54 bits per heavy atom. The van der Waals surface area contributed by atoms with Crippen molar-refractivity contribution >= 4 is 11.8 Å². The summed E-state index contributed by atoms with van der Waals surface area (Å²) >= 11 is 1.66. The second-order valence-corrected chi connectivity index (χ2v) is 7.27. The highest BCUT2D eigenvalue weighted by Crippen LogP contribution is 2.29. The first-order valence-corrected chi connectivity index (χ1v) is 9.93. The Kier molecular flexibility index (Phi) is 5.39. The number of aryl methyl sites for hydroxylation is 1. The molecule has 0 spiro atoms. The molecule has 0 unspecified atom stereocenters. The molecule has 4 rings (SSSR count). The molecule has 0 bridgehead atoms. The van der Waals surface area contributed by atoms with E-state index in [1.165, 1.54) is 11.1 Å². The number of thioether (sulfide) groups is 1. The van der Waals surface area contributed by atoms with Crippen molar-refractivity contribution in [1.82, 2.24) is 19.7 Å².